The first-order valence-corrected chi connectivity index (χ1v) is 12.8. The molecule has 1 atom stereocenters. The zero-order chi connectivity index (χ0) is 25.6. The van der Waals surface area contributed by atoms with Crippen LogP contribution in [0.4, 0.5) is 9.18 Å². The van der Waals surface area contributed by atoms with Crippen molar-refractivity contribution in [1.29, 1.82) is 0 Å². The fourth-order valence-corrected chi connectivity index (χ4v) is 5.15. The minimum Gasteiger partial charge on any atom is -0.444 e. The van der Waals surface area contributed by atoms with Gasteiger partial charge < -0.3 is 19.1 Å². The van der Waals surface area contributed by atoms with Crippen LogP contribution in [0.5, 0.6) is 0 Å². The van der Waals surface area contributed by atoms with Crippen molar-refractivity contribution in [2.45, 2.75) is 59.0 Å². The zero-order valence-corrected chi connectivity index (χ0v) is 21.7. The van der Waals surface area contributed by atoms with Crippen molar-refractivity contribution in [1.82, 2.24) is 29.7 Å². The molecule has 0 aliphatic carbocycles. The van der Waals surface area contributed by atoms with Gasteiger partial charge in [-0.1, -0.05) is 26.0 Å². The molecule has 2 aromatic heterocycles. The van der Waals surface area contributed by atoms with E-state index in [4.69, 9.17) is 9.26 Å². The maximum atomic E-state index is 14.7. The fourth-order valence-electron chi connectivity index (χ4n) is 5.15. The van der Waals surface area contributed by atoms with Crippen LogP contribution >= 0.6 is 0 Å². The summed E-state index contributed by atoms with van der Waals surface area (Å²) in [7, 11) is 0. The minimum absolute atomic E-state index is 0.137. The number of para-hydroxylation sites is 1. The highest BCUT2D eigenvalue weighted by Gasteiger charge is 2.36. The molecule has 2 aliphatic rings. The molecule has 1 unspecified atom stereocenters. The van der Waals surface area contributed by atoms with Gasteiger partial charge in [-0.25, -0.2) is 9.18 Å². The molecule has 1 aromatic carbocycles. The summed E-state index contributed by atoms with van der Waals surface area (Å²) in [5, 5.41) is 9.49. The molecule has 9 nitrogen and oxygen atoms in total. The molecule has 0 radical (unpaired) electrons. The highest BCUT2D eigenvalue weighted by atomic mass is 19.1. The van der Waals surface area contributed by atoms with Crippen molar-refractivity contribution < 1.29 is 18.4 Å². The van der Waals surface area contributed by atoms with Crippen molar-refractivity contribution in [3.05, 3.63) is 35.6 Å². The van der Waals surface area contributed by atoms with E-state index >= 15 is 0 Å². The Labute approximate surface area is 210 Å². The number of ether oxygens (including phenoxy) is 1. The van der Waals surface area contributed by atoms with Gasteiger partial charge in [-0.2, -0.15) is 14.8 Å². The van der Waals surface area contributed by atoms with E-state index in [0.717, 1.165) is 50.2 Å². The van der Waals surface area contributed by atoms with Gasteiger partial charge in [-0.3, -0.25) is 0 Å². The van der Waals surface area contributed by atoms with E-state index in [1.807, 2.05) is 40.7 Å². The normalized spacial score (nSPS) is 19.4. The van der Waals surface area contributed by atoms with E-state index in [2.05, 4.69) is 20.1 Å². The summed E-state index contributed by atoms with van der Waals surface area (Å²) >= 11 is 0. The lowest BCUT2D eigenvalue weighted by atomic mass is 10.00. The largest absolute Gasteiger partial charge is 0.444 e. The van der Waals surface area contributed by atoms with E-state index < -0.39 is 5.60 Å². The topological polar surface area (TPSA) is 89.5 Å². The second kappa shape index (κ2) is 9.46. The van der Waals surface area contributed by atoms with E-state index in [9.17, 15) is 9.18 Å². The summed E-state index contributed by atoms with van der Waals surface area (Å²) in [5.41, 5.74) is 0.721. The Morgan fingerprint density at radius 3 is 2.72 bits per heavy atom. The van der Waals surface area contributed by atoms with Crippen molar-refractivity contribution in [3.63, 3.8) is 0 Å². The van der Waals surface area contributed by atoms with Crippen molar-refractivity contribution in [2.75, 3.05) is 32.7 Å². The second-order valence-electron chi connectivity index (χ2n) is 11.4. The summed E-state index contributed by atoms with van der Waals surface area (Å²) in [6.07, 6.45) is 1.50. The molecule has 2 aliphatic heterocycles. The number of halogens is 1. The number of carbonyl (C=O) groups is 1. The van der Waals surface area contributed by atoms with Gasteiger partial charge in [-0.05, 0) is 56.8 Å². The number of carbonyl (C=O) groups excluding carboxylic acids is 1. The number of benzene rings is 1. The van der Waals surface area contributed by atoms with Crippen LogP contribution in [-0.4, -0.2) is 74.1 Å². The molecule has 0 N–H and O–H groups in total. The lowest BCUT2D eigenvalue weighted by Crippen LogP contribution is -2.54. The van der Waals surface area contributed by atoms with Crippen LogP contribution in [0.15, 0.2) is 22.7 Å². The molecule has 5 rings (SSSR count). The maximum absolute atomic E-state index is 14.7. The highest BCUT2D eigenvalue weighted by molar-refractivity contribution is 5.84. The Balaban J connectivity index is 1.17. The number of hydrogen-bond donors (Lipinski definition) is 0. The Morgan fingerprint density at radius 1 is 1.22 bits per heavy atom. The van der Waals surface area contributed by atoms with Crippen LogP contribution in [-0.2, 0) is 11.2 Å². The van der Waals surface area contributed by atoms with Crippen molar-refractivity contribution >= 4 is 17.0 Å². The number of fused-ring (bicyclic) bond motifs is 1. The number of rotatable bonds is 6. The lowest BCUT2D eigenvalue weighted by molar-refractivity contribution is -0.00544. The fraction of sp³-hybridized carbons (Fsp3) is 0.615. The van der Waals surface area contributed by atoms with Gasteiger partial charge in [-0.15, -0.1) is 0 Å². The first-order chi connectivity index (χ1) is 17.1. The molecule has 2 saturated heterocycles. The highest BCUT2D eigenvalue weighted by Crippen LogP contribution is 2.29. The van der Waals surface area contributed by atoms with E-state index in [-0.39, 0.29) is 23.8 Å². The molecule has 36 heavy (non-hydrogen) atoms. The van der Waals surface area contributed by atoms with E-state index in [1.54, 1.807) is 11.0 Å². The predicted molar refractivity (Wildman–Crippen MR) is 133 cm³/mol. The molecular weight excluding hydrogens is 463 g/mol. The molecule has 3 aromatic rings. The molecular formula is C26H35FN6O3. The number of aromatic nitrogens is 4. The summed E-state index contributed by atoms with van der Waals surface area (Å²) < 4.78 is 27.1. The third-order valence-electron chi connectivity index (χ3n) is 6.83. The number of hydrogen-bond acceptors (Lipinski definition) is 7. The van der Waals surface area contributed by atoms with Gasteiger partial charge in [0, 0.05) is 43.9 Å². The van der Waals surface area contributed by atoms with Crippen molar-refractivity contribution in [2.24, 2.45) is 11.8 Å². The summed E-state index contributed by atoms with van der Waals surface area (Å²) in [4.78, 5) is 20.9. The van der Waals surface area contributed by atoms with Crippen LogP contribution in [0.3, 0.4) is 0 Å². The Bertz CT molecular complexity index is 1240. The monoisotopic (exact) mass is 498 g/mol. The van der Waals surface area contributed by atoms with Crippen LogP contribution in [0.1, 0.15) is 58.5 Å². The third kappa shape index (κ3) is 5.09. The van der Waals surface area contributed by atoms with Crippen LogP contribution < -0.4 is 0 Å². The SMILES string of the molecule is CC(C)c1nn(-c2noc(CC3CCN(CC4CN(C(=O)OC(C)(C)C)C4)C3)n2)c2c(F)cccc12. The van der Waals surface area contributed by atoms with Gasteiger partial charge in [0.15, 0.2) is 0 Å². The van der Waals surface area contributed by atoms with Gasteiger partial charge in [0.2, 0.25) is 5.89 Å². The molecule has 194 valence electrons. The van der Waals surface area contributed by atoms with Gasteiger partial charge >= 0.3 is 6.09 Å². The molecule has 0 saturated carbocycles. The average molecular weight is 499 g/mol. The maximum Gasteiger partial charge on any atom is 0.410 e. The number of amides is 1. The Morgan fingerprint density at radius 2 is 2.00 bits per heavy atom. The van der Waals surface area contributed by atoms with Gasteiger partial charge in [0.1, 0.15) is 16.9 Å². The summed E-state index contributed by atoms with van der Waals surface area (Å²) in [6.45, 7) is 14.2. The molecule has 10 heteroatoms. The number of likely N-dealkylation sites (tertiary alicyclic amines) is 2. The van der Waals surface area contributed by atoms with Gasteiger partial charge in [0.25, 0.3) is 5.95 Å². The Kier molecular flexibility index (Phi) is 6.48. The number of nitrogens with zero attached hydrogens (tertiary/aromatic N) is 6. The quantitative estimate of drug-likeness (QED) is 0.498. The van der Waals surface area contributed by atoms with E-state index in [1.165, 1.54) is 10.7 Å². The van der Waals surface area contributed by atoms with E-state index in [0.29, 0.717) is 29.7 Å². The van der Waals surface area contributed by atoms with Crippen LogP contribution in [0.25, 0.3) is 16.9 Å². The first-order valence-electron chi connectivity index (χ1n) is 12.8. The Hall–Kier alpha value is -3.01. The molecule has 0 spiro atoms. The second-order valence-corrected chi connectivity index (χ2v) is 11.4. The van der Waals surface area contributed by atoms with Crippen molar-refractivity contribution in [3.8, 4) is 5.95 Å². The summed E-state index contributed by atoms with van der Waals surface area (Å²) in [5.74, 6) is 1.48. The first kappa shape index (κ1) is 24.7. The van der Waals surface area contributed by atoms with Gasteiger partial charge in [0.05, 0.1) is 5.69 Å². The zero-order valence-electron chi connectivity index (χ0n) is 21.7. The lowest BCUT2D eigenvalue weighted by Gasteiger charge is -2.41. The predicted octanol–water partition coefficient (Wildman–Crippen LogP) is 4.40. The minimum atomic E-state index is -0.464. The molecule has 4 heterocycles. The summed E-state index contributed by atoms with van der Waals surface area (Å²) in [6, 6.07) is 5.00. The average Bonchev–Trinajstić information content (AvgIpc) is 3.48. The molecule has 1 amide bonds. The van der Waals surface area contributed by atoms with Crippen LogP contribution in [0.2, 0.25) is 0 Å². The molecule has 2 fully saturated rings. The van der Waals surface area contributed by atoms with Crippen LogP contribution in [0, 0.1) is 17.7 Å². The standard InChI is InChI=1S/C26H35FN6O3/c1-16(2)22-19-7-6-8-20(27)23(19)33(29-22)24-28-21(36-30-24)11-17-9-10-31(12-17)13-18-14-32(15-18)25(34)35-26(3,4)5/h6-8,16-18H,9-15H2,1-5H3. The third-order valence-corrected chi connectivity index (χ3v) is 6.83. The smallest absolute Gasteiger partial charge is 0.410 e. The molecule has 0 bridgehead atoms.